The third-order valence-electron chi connectivity index (χ3n) is 3.75. The van der Waals surface area contributed by atoms with E-state index in [0.29, 0.717) is 5.76 Å². The van der Waals surface area contributed by atoms with Gasteiger partial charge in [0.05, 0.1) is 24.1 Å². The topological polar surface area (TPSA) is 89.2 Å². The quantitative estimate of drug-likeness (QED) is 0.698. The third-order valence-corrected chi connectivity index (χ3v) is 3.75. The summed E-state index contributed by atoms with van der Waals surface area (Å²) >= 11 is 0. The highest BCUT2D eigenvalue weighted by molar-refractivity contribution is 6.08. The van der Waals surface area contributed by atoms with Gasteiger partial charge < -0.3 is 15.1 Å². The van der Waals surface area contributed by atoms with Crippen molar-refractivity contribution in [2.75, 3.05) is 5.32 Å². The summed E-state index contributed by atoms with van der Waals surface area (Å²) in [6.07, 6.45) is -1.72. The normalized spacial score (nSPS) is 11.3. The fourth-order valence-corrected chi connectivity index (χ4v) is 2.44. The number of hydrogen-bond donors (Lipinski definition) is 2. The van der Waals surface area contributed by atoms with Gasteiger partial charge >= 0.3 is 6.18 Å². The second-order valence-corrected chi connectivity index (χ2v) is 5.86. The molecular weight excluding hydrogens is 377 g/mol. The van der Waals surface area contributed by atoms with Gasteiger partial charge in [-0.2, -0.15) is 18.3 Å². The first-order valence-electron chi connectivity index (χ1n) is 8.07. The number of nitrogens with zero attached hydrogens (tertiary/aromatic N) is 2. The zero-order valence-electron chi connectivity index (χ0n) is 14.6. The fourth-order valence-electron chi connectivity index (χ4n) is 2.44. The van der Waals surface area contributed by atoms with Crippen molar-refractivity contribution in [3.8, 4) is 0 Å². The first kappa shape index (κ1) is 19.2. The number of nitrogens with one attached hydrogen (secondary N) is 2. The zero-order chi connectivity index (χ0) is 20.3. The molecule has 3 rings (SSSR count). The maximum absolute atomic E-state index is 12.8. The van der Waals surface area contributed by atoms with Gasteiger partial charge in [0.25, 0.3) is 11.8 Å². The molecule has 10 heteroatoms. The van der Waals surface area contributed by atoms with Crippen molar-refractivity contribution in [3.63, 3.8) is 0 Å². The van der Waals surface area contributed by atoms with Crippen LogP contribution in [0.5, 0.6) is 0 Å². The Morgan fingerprint density at radius 3 is 2.64 bits per heavy atom. The van der Waals surface area contributed by atoms with E-state index in [1.54, 1.807) is 19.2 Å². The van der Waals surface area contributed by atoms with Gasteiger partial charge in [-0.1, -0.05) is 6.07 Å². The number of rotatable bonds is 5. The van der Waals surface area contributed by atoms with E-state index in [1.165, 1.54) is 23.2 Å². The largest absolute Gasteiger partial charge is 0.467 e. The summed E-state index contributed by atoms with van der Waals surface area (Å²) < 4.78 is 44.9. The van der Waals surface area contributed by atoms with Crippen molar-refractivity contribution in [1.82, 2.24) is 15.1 Å². The molecule has 0 bridgehead atoms. The number of carbonyl (C=O) groups is 2. The van der Waals surface area contributed by atoms with Gasteiger partial charge in [0, 0.05) is 18.8 Å². The molecule has 0 saturated carbocycles. The molecule has 7 nitrogen and oxygen atoms in total. The lowest BCUT2D eigenvalue weighted by molar-refractivity contribution is -0.137. The molecule has 0 aliphatic rings. The standard InChI is InChI=1S/C18H15F3N4O3/c1-25-10-14(15(24-25)17(27)22-9-13-6-3-7-28-13)23-16(26)11-4-2-5-12(8-11)18(19,20)21/h2-8,10H,9H2,1H3,(H,22,27)(H,23,26). The highest BCUT2D eigenvalue weighted by atomic mass is 19.4. The van der Waals surface area contributed by atoms with Gasteiger partial charge in [0.15, 0.2) is 5.69 Å². The van der Waals surface area contributed by atoms with E-state index in [2.05, 4.69) is 15.7 Å². The summed E-state index contributed by atoms with van der Waals surface area (Å²) in [6.45, 7) is 0.115. The smallest absolute Gasteiger partial charge is 0.416 e. The predicted octanol–water partition coefficient (Wildman–Crippen LogP) is 3.21. The molecule has 2 heterocycles. The summed E-state index contributed by atoms with van der Waals surface area (Å²) in [5.41, 5.74) is -1.14. The van der Waals surface area contributed by atoms with Crippen LogP contribution in [0.4, 0.5) is 18.9 Å². The number of alkyl halides is 3. The highest BCUT2D eigenvalue weighted by Gasteiger charge is 2.31. The molecule has 0 aliphatic carbocycles. The first-order valence-corrected chi connectivity index (χ1v) is 8.07. The number of aryl methyl sites for hydroxylation is 1. The van der Waals surface area contributed by atoms with Crippen LogP contribution in [0.15, 0.2) is 53.3 Å². The van der Waals surface area contributed by atoms with E-state index in [-0.39, 0.29) is 23.5 Å². The third kappa shape index (κ3) is 4.40. The average Bonchev–Trinajstić information content (AvgIpc) is 3.28. The maximum atomic E-state index is 12.8. The minimum atomic E-state index is -4.57. The Balaban J connectivity index is 1.76. The molecule has 0 unspecified atom stereocenters. The van der Waals surface area contributed by atoms with Crippen molar-refractivity contribution in [1.29, 1.82) is 0 Å². The SMILES string of the molecule is Cn1cc(NC(=O)c2cccc(C(F)(F)F)c2)c(C(=O)NCc2ccco2)n1. The van der Waals surface area contributed by atoms with Crippen molar-refractivity contribution in [3.05, 3.63) is 71.4 Å². The molecule has 0 aliphatic heterocycles. The Morgan fingerprint density at radius 1 is 1.18 bits per heavy atom. The van der Waals surface area contributed by atoms with Crippen LogP contribution >= 0.6 is 0 Å². The van der Waals surface area contributed by atoms with E-state index >= 15 is 0 Å². The lowest BCUT2D eigenvalue weighted by Crippen LogP contribution is -2.25. The van der Waals surface area contributed by atoms with Gasteiger partial charge in [-0.25, -0.2) is 0 Å². The number of carbonyl (C=O) groups excluding carboxylic acids is 2. The van der Waals surface area contributed by atoms with Gasteiger partial charge in [-0.3, -0.25) is 14.3 Å². The number of anilines is 1. The molecule has 0 radical (unpaired) electrons. The highest BCUT2D eigenvalue weighted by Crippen LogP contribution is 2.29. The Labute approximate surface area is 157 Å². The molecule has 0 saturated heterocycles. The lowest BCUT2D eigenvalue weighted by atomic mass is 10.1. The molecule has 2 aromatic heterocycles. The summed E-state index contributed by atoms with van der Waals surface area (Å²) in [4.78, 5) is 24.7. The molecule has 3 aromatic rings. The van der Waals surface area contributed by atoms with Crippen LogP contribution in [0.25, 0.3) is 0 Å². The first-order chi connectivity index (χ1) is 13.2. The van der Waals surface area contributed by atoms with Gasteiger partial charge in [-0.15, -0.1) is 0 Å². The van der Waals surface area contributed by atoms with E-state index in [4.69, 9.17) is 4.42 Å². The molecular formula is C18H15F3N4O3. The van der Waals surface area contributed by atoms with Crippen LogP contribution in [-0.4, -0.2) is 21.6 Å². The van der Waals surface area contributed by atoms with Crippen molar-refractivity contribution < 1.29 is 27.2 Å². The van der Waals surface area contributed by atoms with Crippen LogP contribution in [0.2, 0.25) is 0 Å². The summed E-state index contributed by atoms with van der Waals surface area (Å²) in [5, 5.41) is 9.01. The maximum Gasteiger partial charge on any atom is 0.416 e. The van der Waals surface area contributed by atoms with Crippen LogP contribution in [0.3, 0.4) is 0 Å². The van der Waals surface area contributed by atoms with Gasteiger partial charge in [0.1, 0.15) is 5.76 Å². The molecule has 1 aromatic carbocycles. The Hall–Kier alpha value is -3.56. The average molecular weight is 392 g/mol. The number of benzene rings is 1. The van der Waals surface area contributed by atoms with E-state index in [1.807, 2.05) is 0 Å². The summed E-state index contributed by atoms with van der Waals surface area (Å²) in [7, 11) is 1.54. The van der Waals surface area contributed by atoms with E-state index in [0.717, 1.165) is 18.2 Å². The Bertz CT molecular complexity index is 994. The molecule has 146 valence electrons. The molecule has 2 N–H and O–H groups in total. The lowest BCUT2D eigenvalue weighted by Gasteiger charge is -2.09. The van der Waals surface area contributed by atoms with Crippen LogP contribution in [-0.2, 0) is 19.8 Å². The van der Waals surface area contributed by atoms with E-state index < -0.39 is 23.6 Å². The molecule has 0 spiro atoms. The number of hydrogen-bond acceptors (Lipinski definition) is 4. The summed E-state index contributed by atoms with van der Waals surface area (Å²) in [5.74, 6) is -0.839. The molecule has 28 heavy (non-hydrogen) atoms. The zero-order valence-corrected chi connectivity index (χ0v) is 14.6. The van der Waals surface area contributed by atoms with Crippen LogP contribution < -0.4 is 10.6 Å². The van der Waals surface area contributed by atoms with Crippen molar-refractivity contribution in [2.24, 2.45) is 7.05 Å². The van der Waals surface area contributed by atoms with Gasteiger partial charge in [-0.05, 0) is 30.3 Å². The molecule has 0 atom stereocenters. The second kappa shape index (κ2) is 7.59. The van der Waals surface area contributed by atoms with Crippen molar-refractivity contribution >= 4 is 17.5 Å². The predicted molar refractivity (Wildman–Crippen MR) is 92.5 cm³/mol. The number of halogens is 3. The van der Waals surface area contributed by atoms with E-state index in [9.17, 15) is 22.8 Å². The van der Waals surface area contributed by atoms with Gasteiger partial charge in [0.2, 0.25) is 0 Å². The van der Waals surface area contributed by atoms with Crippen molar-refractivity contribution in [2.45, 2.75) is 12.7 Å². The minimum Gasteiger partial charge on any atom is -0.467 e. The molecule has 0 fully saturated rings. The number of aromatic nitrogens is 2. The minimum absolute atomic E-state index is 0.0712. The fraction of sp³-hybridized carbons (Fsp3) is 0.167. The van der Waals surface area contributed by atoms with Crippen LogP contribution in [0.1, 0.15) is 32.2 Å². The monoisotopic (exact) mass is 392 g/mol. The number of amides is 2. The Kier molecular flexibility index (Phi) is 5.21. The molecule has 2 amide bonds. The second-order valence-electron chi connectivity index (χ2n) is 5.86. The van der Waals surface area contributed by atoms with Crippen LogP contribution in [0, 0.1) is 0 Å². The Morgan fingerprint density at radius 2 is 1.96 bits per heavy atom. The number of furan rings is 1. The summed E-state index contributed by atoms with van der Waals surface area (Å²) in [6, 6.07) is 7.34.